The van der Waals surface area contributed by atoms with E-state index in [1.807, 2.05) is 19.1 Å². The van der Waals surface area contributed by atoms with Crippen molar-refractivity contribution in [2.24, 2.45) is 7.05 Å². The predicted molar refractivity (Wildman–Crippen MR) is 62.6 cm³/mol. The number of nitrogens with zero attached hydrogens (tertiary/aromatic N) is 2. The summed E-state index contributed by atoms with van der Waals surface area (Å²) in [5, 5.41) is 4.29. The topological polar surface area (TPSA) is 43.8 Å². The van der Waals surface area contributed by atoms with Gasteiger partial charge in [-0.2, -0.15) is 5.10 Å². The average Bonchev–Trinajstić information content (AvgIpc) is 2.60. The second-order valence-electron chi connectivity index (χ2n) is 3.86. The highest BCUT2D eigenvalue weighted by Crippen LogP contribution is 2.25. The normalized spacial score (nSPS) is 10.7. The van der Waals surface area contributed by atoms with Gasteiger partial charge in [0.2, 0.25) is 0 Å². The third-order valence-corrected chi connectivity index (χ3v) is 2.65. The highest BCUT2D eigenvalue weighted by atomic mass is 19.1. The van der Waals surface area contributed by atoms with Crippen LogP contribution >= 0.6 is 0 Å². The molecule has 0 unspecified atom stereocenters. The second kappa shape index (κ2) is 3.96. The number of aryl methyl sites for hydroxylation is 2. The molecule has 0 spiro atoms. The summed E-state index contributed by atoms with van der Waals surface area (Å²) in [7, 11) is 1.78. The summed E-state index contributed by atoms with van der Waals surface area (Å²) < 4.78 is 14.2. The average molecular weight is 219 g/mol. The lowest BCUT2D eigenvalue weighted by molar-refractivity contribution is 0.485. The number of rotatable bonds is 2. The number of benzene rings is 1. The van der Waals surface area contributed by atoms with E-state index in [1.165, 1.54) is 0 Å². The molecule has 0 bridgehead atoms. The van der Waals surface area contributed by atoms with Gasteiger partial charge in [0.1, 0.15) is 12.5 Å². The highest BCUT2D eigenvalue weighted by Gasteiger charge is 2.08. The van der Waals surface area contributed by atoms with E-state index in [0.717, 1.165) is 16.8 Å². The zero-order valence-electron chi connectivity index (χ0n) is 9.37. The van der Waals surface area contributed by atoms with Crippen molar-refractivity contribution in [2.45, 2.75) is 13.6 Å². The smallest absolute Gasteiger partial charge is 0.121 e. The molecule has 16 heavy (non-hydrogen) atoms. The minimum atomic E-state index is -0.463. The van der Waals surface area contributed by atoms with E-state index in [0.29, 0.717) is 11.4 Å². The molecule has 3 nitrogen and oxygen atoms in total. The Morgan fingerprint density at radius 2 is 2.12 bits per heavy atom. The molecule has 0 radical (unpaired) electrons. The lowest BCUT2D eigenvalue weighted by Crippen LogP contribution is -1.96. The van der Waals surface area contributed by atoms with Crippen molar-refractivity contribution in [1.29, 1.82) is 0 Å². The Morgan fingerprint density at radius 3 is 2.69 bits per heavy atom. The maximum absolute atomic E-state index is 12.6. The van der Waals surface area contributed by atoms with Gasteiger partial charge in [-0.25, -0.2) is 4.39 Å². The van der Waals surface area contributed by atoms with Gasteiger partial charge >= 0.3 is 0 Å². The molecule has 0 fully saturated rings. The minimum absolute atomic E-state index is 0.463. The van der Waals surface area contributed by atoms with E-state index in [4.69, 9.17) is 5.73 Å². The molecule has 4 heteroatoms. The molecular formula is C12H14FN3. The van der Waals surface area contributed by atoms with Crippen LogP contribution in [0.1, 0.15) is 11.1 Å². The molecule has 2 aromatic rings. The van der Waals surface area contributed by atoms with Crippen molar-refractivity contribution in [2.75, 3.05) is 5.73 Å². The van der Waals surface area contributed by atoms with Gasteiger partial charge in [-0.05, 0) is 24.1 Å². The number of hydrogen-bond donors (Lipinski definition) is 1. The van der Waals surface area contributed by atoms with E-state index in [2.05, 4.69) is 5.10 Å². The monoisotopic (exact) mass is 219 g/mol. The first-order valence-electron chi connectivity index (χ1n) is 5.07. The Bertz CT molecular complexity index is 497. The largest absolute Gasteiger partial charge is 0.384 e. The minimum Gasteiger partial charge on any atom is -0.384 e. The van der Waals surface area contributed by atoms with Crippen LogP contribution in [-0.4, -0.2) is 9.78 Å². The number of nitrogen functional groups attached to an aromatic ring is 1. The number of anilines is 1. The molecule has 1 aromatic carbocycles. The van der Waals surface area contributed by atoms with E-state index in [9.17, 15) is 4.39 Å². The Morgan fingerprint density at radius 1 is 1.38 bits per heavy atom. The van der Waals surface area contributed by atoms with Crippen LogP contribution in [0.25, 0.3) is 11.3 Å². The van der Waals surface area contributed by atoms with Gasteiger partial charge in [-0.15, -0.1) is 0 Å². The second-order valence-corrected chi connectivity index (χ2v) is 3.86. The fourth-order valence-corrected chi connectivity index (χ4v) is 1.64. The van der Waals surface area contributed by atoms with Crippen molar-refractivity contribution < 1.29 is 4.39 Å². The van der Waals surface area contributed by atoms with Gasteiger partial charge in [0.05, 0.1) is 5.69 Å². The van der Waals surface area contributed by atoms with Crippen molar-refractivity contribution >= 4 is 5.82 Å². The molecule has 84 valence electrons. The summed E-state index contributed by atoms with van der Waals surface area (Å²) in [6.45, 7) is 1.51. The molecule has 2 rings (SSSR count). The number of halogens is 1. The first-order valence-corrected chi connectivity index (χ1v) is 5.07. The van der Waals surface area contributed by atoms with Crippen LogP contribution < -0.4 is 5.73 Å². The Labute approximate surface area is 93.7 Å². The standard InChI is InChI=1S/C12H14FN3/c1-8-3-4-9(7-13)5-10(8)11-6-12(14)16(2)15-11/h3-6H,7,14H2,1-2H3. The first kappa shape index (κ1) is 10.7. The summed E-state index contributed by atoms with van der Waals surface area (Å²) in [6.07, 6.45) is 0. The fourth-order valence-electron chi connectivity index (χ4n) is 1.64. The number of aromatic nitrogens is 2. The third-order valence-electron chi connectivity index (χ3n) is 2.65. The molecule has 1 heterocycles. The predicted octanol–water partition coefficient (Wildman–Crippen LogP) is 2.45. The molecule has 0 aliphatic carbocycles. The van der Waals surface area contributed by atoms with Gasteiger partial charge in [-0.1, -0.05) is 12.1 Å². The summed E-state index contributed by atoms with van der Waals surface area (Å²) in [5.41, 5.74) is 9.17. The van der Waals surface area contributed by atoms with E-state index in [1.54, 1.807) is 23.9 Å². The van der Waals surface area contributed by atoms with Crippen LogP contribution in [-0.2, 0) is 13.7 Å². The lowest BCUT2D eigenvalue weighted by atomic mass is 10.0. The van der Waals surface area contributed by atoms with Crippen LogP contribution in [0.2, 0.25) is 0 Å². The molecule has 0 aliphatic heterocycles. The first-order chi connectivity index (χ1) is 7.61. The molecule has 0 aliphatic rings. The zero-order valence-corrected chi connectivity index (χ0v) is 9.37. The Kier molecular flexibility index (Phi) is 2.64. The van der Waals surface area contributed by atoms with Crippen LogP contribution in [0.3, 0.4) is 0 Å². The van der Waals surface area contributed by atoms with Crippen LogP contribution in [0.4, 0.5) is 10.2 Å². The fraction of sp³-hybridized carbons (Fsp3) is 0.250. The van der Waals surface area contributed by atoms with Crippen molar-refractivity contribution in [1.82, 2.24) is 9.78 Å². The lowest BCUT2D eigenvalue weighted by Gasteiger charge is -2.04. The molecule has 0 amide bonds. The van der Waals surface area contributed by atoms with Gasteiger partial charge < -0.3 is 5.73 Å². The SMILES string of the molecule is Cc1ccc(CF)cc1-c1cc(N)n(C)n1. The van der Waals surface area contributed by atoms with E-state index in [-0.39, 0.29) is 0 Å². The van der Waals surface area contributed by atoms with Gasteiger partial charge in [-0.3, -0.25) is 4.68 Å². The van der Waals surface area contributed by atoms with Crippen LogP contribution in [0, 0.1) is 6.92 Å². The maximum atomic E-state index is 12.6. The number of nitrogens with two attached hydrogens (primary N) is 1. The van der Waals surface area contributed by atoms with E-state index >= 15 is 0 Å². The molecular weight excluding hydrogens is 205 g/mol. The zero-order chi connectivity index (χ0) is 11.7. The van der Waals surface area contributed by atoms with Crippen molar-refractivity contribution in [3.63, 3.8) is 0 Å². The van der Waals surface area contributed by atoms with Crippen LogP contribution in [0.15, 0.2) is 24.3 Å². The third kappa shape index (κ3) is 1.78. The molecule has 0 saturated carbocycles. The van der Waals surface area contributed by atoms with Gasteiger partial charge in [0.15, 0.2) is 0 Å². The molecule has 2 N–H and O–H groups in total. The Balaban J connectivity index is 2.54. The maximum Gasteiger partial charge on any atom is 0.121 e. The Hall–Kier alpha value is -1.84. The number of hydrogen-bond acceptors (Lipinski definition) is 2. The number of alkyl halides is 1. The van der Waals surface area contributed by atoms with E-state index < -0.39 is 6.67 Å². The summed E-state index contributed by atoms with van der Waals surface area (Å²) in [5.74, 6) is 0.597. The highest BCUT2D eigenvalue weighted by molar-refractivity contribution is 5.66. The van der Waals surface area contributed by atoms with Gasteiger partial charge in [0, 0.05) is 18.7 Å². The van der Waals surface area contributed by atoms with Crippen LogP contribution in [0.5, 0.6) is 0 Å². The van der Waals surface area contributed by atoms with Crippen molar-refractivity contribution in [3.8, 4) is 11.3 Å². The van der Waals surface area contributed by atoms with Crippen molar-refractivity contribution in [3.05, 3.63) is 35.4 Å². The quantitative estimate of drug-likeness (QED) is 0.843. The summed E-state index contributed by atoms with van der Waals surface area (Å²) >= 11 is 0. The molecule has 0 atom stereocenters. The molecule has 1 aromatic heterocycles. The van der Waals surface area contributed by atoms with Gasteiger partial charge in [0.25, 0.3) is 0 Å². The summed E-state index contributed by atoms with van der Waals surface area (Å²) in [6, 6.07) is 7.29. The molecule has 0 saturated heterocycles. The summed E-state index contributed by atoms with van der Waals surface area (Å²) in [4.78, 5) is 0.